The van der Waals surface area contributed by atoms with Gasteiger partial charge >= 0.3 is 0 Å². The normalized spacial score (nSPS) is 12.2. The minimum atomic E-state index is 0.916. The molecule has 13 rings (SSSR count). The van der Waals surface area contributed by atoms with E-state index in [1.165, 1.54) is 92.3 Å². The smallest absolute Gasteiger partial charge is 0.143 e. The average molecular weight is 721 g/mol. The summed E-state index contributed by atoms with van der Waals surface area (Å²) in [5.74, 6) is 0. The Morgan fingerprint density at radius 3 is 1.60 bits per heavy atom. The van der Waals surface area contributed by atoms with E-state index >= 15 is 0 Å². The molecule has 0 fully saturated rings. The van der Waals surface area contributed by atoms with Gasteiger partial charge in [0.15, 0.2) is 0 Å². The molecule has 0 amide bonds. The van der Waals surface area contributed by atoms with Gasteiger partial charge in [-0.1, -0.05) is 176 Å². The number of furan rings is 1. The molecule has 12 aromatic carbocycles. The summed E-state index contributed by atoms with van der Waals surface area (Å²) in [5, 5.41) is 19.9. The molecule has 0 spiro atoms. The maximum atomic E-state index is 7.11. The fourth-order valence-electron chi connectivity index (χ4n) is 9.98. The third-order valence-electron chi connectivity index (χ3n) is 12.6. The molecule has 0 bridgehead atoms. The Hall–Kier alpha value is -7.48. The van der Waals surface area contributed by atoms with Crippen LogP contribution in [0.4, 0.5) is 0 Å². The lowest BCUT2D eigenvalue weighted by atomic mass is 9.87. The van der Waals surface area contributed by atoms with Crippen LogP contribution in [0.15, 0.2) is 199 Å². The summed E-state index contributed by atoms with van der Waals surface area (Å²) in [6.45, 7) is 0. The topological polar surface area (TPSA) is 13.1 Å². The number of benzene rings is 12. The molecule has 0 aliphatic heterocycles. The zero-order valence-electron chi connectivity index (χ0n) is 30.9. The quantitative estimate of drug-likeness (QED) is 0.131. The van der Waals surface area contributed by atoms with Crippen LogP contribution in [0, 0.1) is 0 Å². The second-order valence-electron chi connectivity index (χ2n) is 15.5. The molecule has 0 aliphatic carbocycles. The first-order valence-corrected chi connectivity index (χ1v) is 19.7. The zero-order valence-corrected chi connectivity index (χ0v) is 30.9. The van der Waals surface area contributed by atoms with Crippen LogP contribution in [0.5, 0.6) is 0 Å². The van der Waals surface area contributed by atoms with Crippen molar-refractivity contribution in [1.29, 1.82) is 0 Å². The van der Waals surface area contributed by atoms with Gasteiger partial charge in [-0.3, -0.25) is 0 Å². The first-order valence-electron chi connectivity index (χ1n) is 19.7. The lowest BCUT2D eigenvalue weighted by Crippen LogP contribution is -1.89. The minimum Gasteiger partial charge on any atom is -0.455 e. The number of fused-ring (bicyclic) bond motifs is 9. The van der Waals surface area contributed by atoms with Gasteiger partial charge in [0, 0.05) is 21.7 Å². The number of rotatable bonds is 3. The molecule has 0 radical (unpaired) electrons. The summed E-state index contributed by atoms with van der Waals surface area (Å²) in [4.78, 5) is 0. The summed E-state index contributed by atoms with van der Waals surface area (Å²) < 4.78 is 7.11. The number of hydrogen-bond acceptors (Lipinski definition) is 1. The summed E-state index contributed by atoms with van der Waals surface area (Å²) in [6.07, 6.45) is 0. The van der Waals surface area contributed by atoms with E-state index in [4.69, 9.17) is 4.42 Å². The molecular weight excluding hydrogens is 689 g/mol. The van der Waals surface area contributed by atoms with Gasteiger partial charge in [-0.15, -0.1) is 0 Å². The molecule has 1 nitrogen and oxygen atoms in total. The largest absolute Gasteiger partial charge is 0.455 e. The van der Waals surface area contributed by atoms with Crippen LogP contribution >= 0.6 is 0 Å². The van der Waals surface area contributed by atoms with E-state index in [-0.39, 0.29) is 0 Å². The molecular formula is C56H32O. The molecule has 0 aliphatic rings. The Bertz CT molecular complexity index is 3770. The Morgan fingerprint density at radius 1 is 0.246 bits per heavy atom. The first kappa shape index (κ1) is 30.8. The molecule has 0 saturated heterocycles. The monoisotopic (exact) mass is 720 g/mol. The standard InChI is InChI=1S/C56H32O/c1-4-13-41-33(8-1)22-27-48-50(41)32-40-10-3-5-14-42(40)52(48)38-18-16-35(17-19-38)44-30-31-47(54-49-29-23-34-9-2-6-15-43(34)55(49)57-56(44)54)45-26-24-39-21-20-36-11-7-12-37-25-28-46(45)53(39)51(36)37/h1-32H. The maximum absolute atomic E-state index is 7.11. The van der Waals surface area contributed by atoms with Gasteiger partial charge in [0.1, 0.15) is 11.2 Å². The highest BCUT2D eigenvalue weighted by Gasteiger charge is 2.21. The second kappa shape index (κ2) is 11.5. The Balaban J connectivity index is 1.05. The zero-order chi connectivity index (χ0) is 37.2. The van der Waals surface area contributed by atoms with E-state index in [1.54, 1.807) is 0 Å². The molecule has 1 aromatic heterocycles. The van der Waals surface area contributed by atoms with Gasteiger partial charge in [0.05, 0.1) is 0 Å². The van der Waals surface area contributed by atoms with Gasteiger partial charge in [-0.2, -0.15) is 0 Å². The molecule has 0 N–H and O–H groups in total. The van der Waals surface area contributed by atoms with Crippen molar-refractivity contribution in [3.05, 3.63) is 194 Å². The van der Waals surface area contributed by atoms with Crippen molar-refractivity contribution in [2.24, 2.45) is 0 Å². The Kier molecular flexibility index (Phi) is 6.23. The van der Waals surface area contributed by atoms with E-state index in [0.29, 0.717) is 0 Å². The van der Waals surface area contributed by atoms with E-state index in [9.17, 15) is 0 Å². The predicted molar refractivity (Wildman–Crippen MR) is 244 cm³/mol. The van der Waals surface area contributed by atoms with Crippen molar-refractivity contribution in [2.75, 3.05) is 0 Å². The van der Waals surface area contributed by atoms with Crippen LogP contribution in [-0.4, -0.2) is 0 Å². The fourth-order valence-corrected chi connectivity index (χ4v) is 9.98. The van der Waals surface area contributed by atoms with Gasteiger partial charge in [0.25, 0.3) is 0 Å². The Morgan fingerprint density at radius 2 is 0.789 bits per heavy atom. The van der Waals surface area contributed by atoms with Crippen LogP contribution in [0.25, 0.3) is 131 Å². The van der Waals surface area contributed by atoms with Crippen molar-refractivity contribution in [3.8, 4) is 33.4 Å². The molecule has 57 heavy (non-hydrogen) atoms. The fraction of sp³-hybridized carbons (Fsp3) is 0. The predicted octanol–water partition coefficient (Wildman–Crippen LogP) is 16.1. The highest BCUT2D eigenvalue weighted by Crippen LogP contribution is 2.47. The van der Waals surface area contributed by atoms with Crippen molar-refractivity contribution < 1.29 is 4.42 Å². The lowest BCUT2D eigenvalue weighted by molar-refractivity contribution is 0.674. The highest BCUT2D eigenvalue weighted by molar-refractivity contribution is 6.28. The Labute approximate surface area is 328 Å². The van der Waals surface area contributed by atoms with E-state index in [2.05, 4.69) is 194 Å². The third-order valence-corrected chi connectivity index (χ3v) is 12.6. The molecule has 1 heterocycles. The van der Waals surface area contributed by atoms with Crippen LogP contribution < -0.4 is 0 Å². The van der Waals surface area contributed by atoms with Gasteiger partial charge < -0.3 is 4.42 Å². The van der Waals surface area contributed by atoms with Crippen molar-refractivity contribution in [1.82, 2.24) is 0 Å². The number of hydrogen-bond donors (Lipinski definition) is 0. The summed E-state index contributed by atoms with van der Waals surface area (Å²) in [7, 11) is 0. The van der Waals surface area contributed by atoms with E-state index < -0.39 is 0 Å². The lowest BCUT2D eigenvalue weighted by Gasteiger charge is -2.16. The van der Waals surface area contributed by atoms with Crippen molar-refractivity contribution in [3.63, 3.8) is 0 Å². The summed E-state index contributed by atoms with van der Waals surface area (Å²) in [5.41, 5.74) is 8.94. The molecule has 262 valence electrons. The van der Waals surface area contributed by atoms with E-state index in [0.717, 1.165) is 38.5 Å². The van der Waals surface area contributed by atoms with Crippen LogP contribution in [-0.2, 0) is 0 Å². The molecule has 0 atom stereocenters. The van der Waals surface area contributed by atoms with Gasteiger partial charge in [0.2, 0.25) is 0 Å². The molecule has 1 heteroatoms. The van der Waals surface area contributed by atoms with Gasteiger partial charge in [-0.05, 0) is 116 Å². The highest BCUT2D eigenvalue weighted by atomic mass is 16.3. The maximum Gasteiger partial charge on any atom is 0.143 e. The van der Waals surface area contributed by atoms with Crippen LogP contribution in [0.2, 0.25) is 0 Å². The molecule has 0 unspecified atom stereocenters. The third kappa shape index (κ3) is 4.34. The average Bonchev–Trinajstić information content (AvgIpc) is 3.68. The van der Waals surface area contributed by atoms with E-state index in [1.807, 2.05) is 0 Å². The molecule has 0 saturated carbocycles. The first-order chi connectivity index (χ1) is 28.3. The van der Waals surface area contributed by atoms with Crippen LogP contribution in [0.3, 0.4) is 0 Å². The second-order valence-corrected chi connectivity index (χ2v) is 15.5. The summed E-state index contributed by atoms with van der Waals surface area (Å²) in [6, 6.07) is 71.5. The van der Waals surface area contributed by atoms with Gasteiger partial charge in [-0.25, -0.2) is 0 Å². The SMILES string of the molecule is c1ccc2c(-c3ccc(-c4ccc(-c5ccc6ccc7cccc8ccc5c6c78)c5c4oc4c6ccccc6ccc45)cc3)c3ccc4ccccc4c3cc2c1. The van der Waals surface area contributed by atoms with Crippen molar-refractivity contribution >= 4 is 97.3 Å². The molecule has 13 aromatic rings. The van der Waals surface area contributed by atoms with Crippen molar-refractivity contribution in [2.45, 2.75) is 0 Å². The van der Waals surface area contributed by atoms with Crippen LogP contribution in [0.1, 0.15) is 0 Å². The summed E-state index contributed by atoms with van der Waals surface area (Å²) >= 11 is 0. The minimum absolute atomic E-state index is 0.916.